The smallest absolute Gasteiger partial charge is 0.00388 e. The lowest BCUT2D eigenvalue weighted by molar-refractivity contribution is 0.477. The Morgan fingerprint density at radius 2 is 0.348 bits per heavy atom. The van der Waals surface area contributed by atoms with Crippen LogP contribution in [0, 0.1) is 0 Å². The van der Waals surface area contributed by atoms with E-state index >= 15 is 0 Å². The van der Waals surface area contributed by atoms with Gasteiger partial charge in [-0.05, 0) is 12.8 Å². The van der Waals surface area contributed by atoms with E-state index in [9.17, 15) is 0 Å². The Morgan fingerprint density at radius 3 is 0.500 bits per heavy atom. The van der Waals surface area contributed by atoms with E-state index in [4.69, 9.17) is 5.73 Å². The summed E-state index contributed by atoms with van der Waals surface area (Å²) in [6, 6.07) is 0.464. The first kappa shape index (κ1) is 46.0. The van der Waals surface area contributed by atoms with Crippen molar-refractivity contribution in [2.75, 3.05) is 0 Å². The van der Waals surface area contributed by atoms with Gasteiger partial charge in [-0.2, -0.15) is 0 Å². The third kappa shape index (κ3) is 42.0. The molecule has 0 amide bonds. The maximum atomic E-state index is 6.44. The highest BCUT2D eigenvalue weighted by molar-refractivity contribution is 4.62. The van der Waals surface area contributed by atoms with Crippen molar-refractivity contribution in [3.8, 4) is 0 Å². The third-order valence-electron chi connectivity index (χ3n) is 10.9. The molecular weight excluding hydrogens is 555 g/mol. The van der Waals surface area contributed by atoms with Gasteiger partial charge < -0.3 is 5.73 Å². The fourth-order valence-corrected chi connectivity index (χ4v) is 7.47. The van der Waals surface area contributed by atoms with Crippen LogP contribution in [0.4, 0.5) is 0 Å². The van der Waals surface area contributed by atoms with Crippen molar-refractivity contribution >= 4 is 0 Å². The van der Waals surface area contributed by atoms with Crippen molar-refractivity contribution in [1.29, 1.82) is 0 Å². The zero-order valence-electron chi connectivity index (χ0n) is 32.9. The number of rotatable bonds is 42. The van der Waals surface area contributed by atoms with E-state index < -0.39 is 0 Å². The summed E-state index contributed by atoms with van der Waals surface area (Å²) in [6.45, 7) is 4.62. The number of hydrogen-bond acceptors (Lipinski definition) is 1. The van der Waals surface area contributed by atoms with Gasteiger partial charge in [0.2, 0.25) is 0 Å². The first-order valence-corrected chi connectivity index (χ1v) is 22.6. The van der Waals surface area contributed by atoms with Gasteiger partial charge in [0.1, 0.15) is 0 Å². The van der Waals surface area contributed by atoms with E-state index in [0.29, 0.717) is 6.04 Å². The molecule has 46 heavy (non-hydrogen) atoms. The van der Waals surface area contributed by atoms with E-state index in [1.54, 1.807) is 0 Å². The van der Waals surface area contributed by atoms with Crippen LogP contribution in [0.3, 0.4) is 0 Å². The maximum Gasteiger partial charge on any atom is 0.00388 e. The van der Waals surface area contributed by atoms with Crippen LogP contribution in [0.5, 0.6) is 0 Å². The number of hydrogen-bond donors (Lipinski definition) is 1. The molecule has 0 aliphatic carbocycles. The minimum Gasteiger partial charge on any atom is -0.328 e. The molecule has 1 heteroatoms. The molecule has 0 heterocycles. The molecule has 0 atom stereocenters. The predicted molar refractivity (Wildman–Crippen MR) is 213 cm³/mol. The van der Waals surface area contributed by atoms with Crippen LogP contribution in [0.1, 0.15) is 284 Å². The molecule has 0 unspecified atom stereocenters. The summed E-state index contributed by atoms with van der Waals surface area (Å²) in [5.41, 5.74) is 6.44. The van der Waals surface area contributed by atoms with Crippen molar-refractivity contribution in [2.24, 2.45) is 5.73 Å². The van der Waals surface area contributed by atoms with Gasteiger partial charge in [-0.25, -0.2) is 0 Å². The fraction of sp³-hybridized carbons (Fsp3) is 1.00. The van der Waals surface area contributed by atoms with Crippen LogP contribution in [-0.4, -0.2) is 6.04 Å². The van der Waals surface area contributed by atoms with Crippen LogP contribution >= 0.6 is 0 Å². The van der Waals surface area contributed by atoms with Gasteiger partial charge in [0.05, 0.1) is 0 Å². The molecule has 0 aliphatic rings. The second-order valence-corrected chi connectivity index (χ2v) is 15.8. The molecule has 2 N–H and O–H groups in total. The van der Waals surface area contributed by atoms with Crippen LogP contribution in [0.25, 0.3) is 0 Å². The van der Waals surface area contributed by atoms with Crippen molar-refractivity contribution in [3.63, 3.8) is 0 Å². The second-order valence-electron chi connectivity index (χ2n) is 15.8. The Kier molecular flexibility index (Phi) is 42.9. The minimum atomic E-state index is 0.464. The highest BCUT2D eigenvalue weighted by Gasteiger charge is 2.03. The topological polar surface area (TPSA) is 26.0 Å². The summed E-state index contributed by atoms with van der Waals surface area (Å²) in [6.07, 6.45) is 60.8. The van der Waals surface area contributed by atoms with Crippen molar-refractivity contribution in [3.05, 3.63) is 0 Å². The van der Waals surface area contributed by atoms with Crippen molar-refractivity contribution in [2.45, 2.75) is 290 Å². The average molecular weight is 648 g/mol. The molecule has 0 rings (SSSR count). The summed E-state index contributed by atoms with van der Waals surface area (Å²) in [5, 5.41) is 0. The predicted octanol–water partition coefficient (Wildman–Crippen LogP) is 16.7. The summed E-state index contributed by atoms with van der Waals surface area (Å²) in [5.74, 6) is 0. The van der Waals surface area contributed by atoms with Gasteiger partial charge in [-0.15, -0.1) is 0 Å². The maximum absolute atomic E-state index is 6.44. The van der Waals surface area contributed by atoms with E-state index in [1.165, 1.54) is 270 Å². The third-order valence-corrected chi connectivity index (χ3v) is 10.9. The summed E-state index contributed by atoms with van der Waals surface area (Å²) < 4.78 is 0. The Labute approximate surface area is 294 Å². The van der Waals surface area contributed by atoms with Crippen LogP contribution in [0.2, 0.25) is 0 Å². The van der Waals surface area contributed by atoms with E-state index in [-0.39, 0.29) is 0 Å². The van der Waals surface area contributed by atoms with Crippen molar-refractivity contribution in [1.82, 2.24) is 0 Å². The summed E-state index contributed by atoms with van der Waals surface area (Å²) in [7, 11) is 0. The summed E-state index contributed by atoms with van der Waals surface area (Å²) in [4.78, 5) is 0. The van der Waals surface area contributed by atoms with Crippen LogP contribution in [-0.2, 0) is 0 Å². The molecule has 0 saturated heterocycles. The Morgan fingerprint density at radius 1 is 0.217 bits per heavy atom. The normalized spacial score (nSPS) is 11.7. The molecule has 0 aliphatic heterocycles. The lowest BCUT2D eigenvalue weighted by atomic mass is 10.00. The summed E-state index contributed by atoms with van der Waals surface area (Å²) >= 11 is 0. The standard InChI is InChI=1S/C45H93N/c1-3-5-7-9-11-13-15-17-19-21-23-25-27-29-31-33-35-37-39-41-43-45(46)44-42-40-38-36-34-32-30-28-26-24-22-20-18-16-14-12-10-8-6-4-2/h45H,3-44,46H2,1-2H3. The first-order valence-electron chi connectivity index (χ1n) is 22.6. The monoisotopic (exact) mass is 648 g/mol. The Balaban J connectivity index is 3.13. The number of unbranched alkanes of at least 4 members (excludes halogenated alkanes) is 38. The van der Waals surface area contributed by atoms with E-state index in [1.807, 2.05) is 0 Å². The SMILES string of the molecule is CCCCCCCCCCCCCCCCCCCCCCC(N)CCCCCCCCCCCCCCCCCCCCCC. The van der Waals surface area contributed by atoms with Gasteiger partial charge in [0, 0.05) is 6.04 Å². The zero-order valence-corrected chi connectivity index (χ0v) is 32.9. The highest BCUT2D eigenvalue weighted by Crippen LogP contribution is 2.18. The van der Waals surface area contributed by atoms with E-state index in [2.05, 4.69) is 13.8 Å². The lowest BCUT2D eigenvalue weighted by Crippen LogP contribution is -2.19. The molecule has 278 valence electrons. The fourth-order valence-electron chi connectivity index (χ4n) is 7.47. The lowest BCUT2D eigenvalue weighted by Gasteiger charge is -2.11. The first-order chi connectivity index (χ1) is 22.8. The highest BCUT2D eigenvalue weighted by atomic mass is 14.6. The molecule has 0 radical (unpaired) electrons. The second kappa shape index (κ2) is 43.0. The molecule has 0 saturated carbocycles. The average Bonchev–Trinajstić information content (AvgIpc) is 3.06. The molecule has 0 fully saturated rings. The molecule has 0 bridgehead atoms. The largest absolute Gasteiger partial charge is 0.328 e. The van der Waals surface area contributed by atoms with Gasteiger partial charge in [0.25, 0.3) is 0 Å². The molecule has 1 nitrogen and oxygen atoms in total. The minimum absolute atomic E-state index is 0.464. The molecule has 0 spiro atoms. The molecule has 0 aromatic heterocycles. The zero-order chi connectivity index (χ0) is 33.3. The van der Waals surface area contributed by atoms with Crippen LogP contribution in [0.15, 0.2) is 0 Å². The van der Waals surface area contributed by atoms with Crippen molar-refractivity contribution < 1.29 is 0 Å². The molecular formula is C45H93N. The van der Waals surface area contributed by atoms with Crippen LogP contribution < -0.4 is 5.73 Å². The van der Waals surface area contributed by atoms with Gasteiger partial charge in [-0.3, -0.25) is 0 Å². The Bertz CT molecular complexity index is 457. The number of nitrogens with two attached hydrogens (primary N) is 1. The Hall–Kier alpha value is -0.0400. The van der Waals surface area contributed by atoms with E-state index in [0.717, 1.165) is 0 Å². The van der Waals surface area contributed by atoms with Gasteiger partial charge in [0.15, 0.2) is 0 Å². The quantitative estimate of drug-likeness (QED) is 0.0655. The molecule has 0 aromatic rings. The molecule has 0 aromatic carbocycles. The van der Waals surface area contributed by atoms with Gasteiger partial charge >= 0.3 is 0 Å². The van der Waals surface area contributed by atoms with Gasteiger partial charge in [-0.1, -0.05) is 271 Å².